The molecule has 0 saturated carbocycles. The van der Waals surface area contributed by atoms with Gasteiger partial charge in [-0.15, -0.1) is 0 Å². The molecule has 0 aromatic carbocycles. The van der Waals surface area contributed by atoms with Crippen molar-refractivity contribution in [3.8, 4) is 0 Å². The van der Waals surface area contributed by atoms with E-state index in [0.29, 0.717) is 19.1 Å². The van der Waals surface area contributed by atoms with E-state index in [1.807, 2.05) is 44.0 Å². The summed E-state index contributed by atoms with van der Waals surface area (Å²) in [5, 5.41) is 4.36. The highest BCUT2D eigenvalue weighted by Gasteiger charge is 2.23. The van der Waals surface area contributed by atoms with Gasteiger partial charge in [-0.25, -0.2) is 4.98 Å². The summed E-state index contributed by atoms with van der Waals surface area (Å²) in [6, 6.07) is 0. The zero-order valence-corrected chi connectivity index (χ0v) is 11.7. The van der Waals surface area contributed by atoms with Gasteiger partial charge < -0.3 is 10.5 Å². The lowest BCUT2D eigenvalue weighted by Gasteiger charge is -2.25. The molecule has 0 amide bonds. The van der Waals surface area contributed by atoms with Crippen LogP contribution in [0.3, 0.4) is 0 Å². The molecule has 2 heterocycles. The number of rotatable bonds is 4. The standard InChI is InChI=1S/C12H21N5O/c1-6-18-12(3,4)7-17-10-9(14-11(17)13)8(2)15-16(10)5/h6-7H2,1-5H3,(H2,13,14). The summed E-state index contributed by atoms with van der Waals surface area (Å²) in [5.74, 6) is 0.508. The number of hydrogen-bond donors (Lipinski definition) is 1. The molecule has 2 aromatic rings. The summed E-state index contributed by atoms with van der Waals surface area (Å²) in [4.78, 5) is 4.38. The van der Waals surface area contributed by atoms with E-state index in [1.54, 1.807) is 0 Å². The van der Waals surface area contributed by atoms with Gasteiger partial charge in [0.1, 0.15) is 5.52 Å². The second-order valence-electron chi connectivity index (χ2n) is 5.13. The van der Waals surface area contributed by atoms with E-state index in [-0.39, 0.29) is 5.60 Å². The molecule has 2 aromatic heterocycles. The summed E-state index contributed by atoms with van der Waals surface area (Å²) in [7, 11) is 1.90. The van der Waals surface area contributed by atoms with Crippen molar-refractivity contribution in [2.24, 2.45) is 7.05 Å². The predicted octanol–water partition coefficient (Wildman–Crippen LogP) is 1.48. The van der Waals surface area contributed by atoms with Crippen molar-refractivity contribution < 1.29 is 4.74 Å². The van der Waals surface area contributed by atoms with Crippen LogP contribution in [0.1, 0.15) is 26.5 Å². The Kier molecular flexibility index (Phi) is 3.06. The molecule has 0 aliphatic rings. The average Bonchev–Trinajstić information content (AvgIpc) is 2.68. The summed E-state index contributed by atoms with van der Waals surface area (Å²) < 4.78 is 9.50. The zero-order valence-electron chi connectivity index (χ0n) is 11.7. The molecule has 0 unspecified atom stereocenters. The van der Waals surface area contributed by atoms with Crippen molar-refractivity contribution in [1.29, 1.82) is 0 Å². The van der Waals surface area contributed by atoms with Gasteiger partial charge in [0.15, 0.2) is 5.65 Å². The second kappa shape index (κ2) is 4.28. The second-order valence-corrected chi connectivity index (χ2v) is 5.13. The average molecular weight is 251 g/mol. The molecule has 0 saturated heterocycles. The normalized spacial score (nSPS) is 12.5. The first-order valence-corrected chi connectivity index (χ1v) is 6.15. The molecule has 100 valence electrons. The third-order valence-electron chi connectivity index (χ3n) is 2.99. The van der Waals surface area contributed by atoms with Crippen LogP contribution in [0.25, 0.3) is 11.2 Å². The lowest BCUT2D eigenvalue weighted by molar-refractivity contribution is -0.0214. The molecule has 0 radical (unpaired) electrons. The van der Waals surface area contributed by atoms with Crippen molar-refractivity contribution in [2.75, 3.05) is 12.3 Å². The maximum absolute atomic E-state index is 5.99. The van der Waals surface area contributed by atoms with Crippen LogP contribution >= 0.6 is 0 Å². The lowest BCUT2D eigenvalue weighted by Crippen LogP contribution is -2.31. The molecular formula is C12H21N5O. The number of fused-ring (bicyclic) bond motifs is 1. The van der Waals surface area contributed by atoms with Gasteiger partial charge in [0.25, 0.3) is 0 Å². The topological polar surface area (TPSA) is 70.9 Å². The lowest BCUT2D eigenvalue weighted by atomic mass is 10.1. The molecule has 0 fully saturated rings. The highest BCUT2D eigenvalue weighted by atomic mass is 16.5. The van der Waals surface area contributed by atoms with Gasteiger partial charge in [0.05, 0.1) is 17.8 Å². The molecule has 6 heteroatoms. The number of nitrogen functional groups attached to an aromatic ring is 1. The van der Waals surface area contributed by atoms with E-state index in [9.17, 15) is 0 Å². The summed E-state index contributed by atoms with van der Waals surface area (Å²) in [6.45, 7) is 9.35. The largest absolute Gasteiger partial charge is 0.374 e. The summed E-state index contributed by atoms with van der Waals surface area (Å²) in [6.07, 6.45) is 0. The van der Waals surface area contributed by atoms with Crippen LogP contribution in [0.15, 0.2) is 0 Å². The first kappa shape index (κ1) is 12.9. The maximum Gasteiger partial charge on any atom is 0.202 e. The minimum Gasteiger partial charge on any atom is -0.374 e. The number of aryl methyl sites for hydroxylation is 2. The van der Waals surface area contributed by atoms with Crippen LogP contribution in [0.4, 0.5) is 5.95 Å². The van der Waals surface area contributed by atoms with Crippen molar-refractivity contribution in [1.82, 2.24) is 19.3 Å². The van der Waals surface area contributed by atoms with Gasteiger partial charge in [-0.2, -0.15) is 5.10 Å². The van der Waals surface area contributed by atoms with Crippen LogP contribution < -0.4 is 5.73 Å². The Morgan fingerprint density at radius 3 is 2.67 bits per heavy atom. The predicted molar refractivity (Wildman–Crippen MR) is 71.4 cm³/mol. The first-order chi connectivity index (χ1) is 8.35. The van der Waals surface area contributed by atoms with E-state index in [4.69, 9.17) is 10.5 Å². The number of anilines is 1. The maximum atomic E-state index is 5.99. The molecule has 0 aliphatic heterocycles. The number of hydrogen-bond acceptors (Lipinski definition) is 4. The molecule has 6 nitrogen and oxygen atoms in total. The smallest absolute Gasteiger partial charge is 0.202 e. The van der Waals surface area contributed by atoms with Crippen LogP contribution in [0, 0.1) is 6.92 Å². The quantitative estimate of drug-likeness (QED) is 0.893. The van der Waals surface area contributed by atoms with Crippen molar-refractivity contribution >= 4 is 17.1 Å². The molecule has 2 rings (SSSR count). The van der Waals surface area contributed by atoms with Gasteiger partial charge in [-0.05, 0) is 27.7 Å². The van der Waals surface area contributed by atoms with Gasteiger partial charge in [-0.3, -0.25) is 9.25 Å². The van der Waals surface area contributed by atoms with E-state index in [1.165, 1.54) is 0 Å². The van der Waals surface area contributed by atoms with Gasteiger partial charge in [-0.1, -0.05) is 0 Å². The number of imidazole rings is 1. The van der Waals surface area contributed by atoms with Gasteiger partial charge >= 0.3 is 0 Å². The fourth-order valence-corrected chi connectivity index (χ4v) is 2.32. The van der Waals surface area contributed by atoms with E-state index < -0.39 is 0 Å². The Labute approximate surface area is 107 Å². The number of nitrogens with two attached hydrogens (primary N) is 1. The molecule has 0 bridgehead atoms. The molecule has 0 spiro atoms. The Bertz CT molecular complexity index is 567. The highest BCUT2D eigenvalue weighted by Crippen LogP contribution is 2.23. The number of aromatic nitrogens is 4. The van der Waals surface area contributed by atoms with Crippen molar-refractivity contribution in [3.63, 3.8) is 0 Å². The number of ether oxygens (including phenoxy) is 1. The summed E-state index contributed by atoms with van der Waals surface area (Å²) >= 11 is 0. The third kappa shape index (κ3) is 2.08. The molecule has 0 aliphatic carbocycles. The Morgan fingerprint density at radius 2 is 2.06 bits per heavy atom. The molecule has 2 N–H and O–H groups in total. The minimum atomic E-state index is -0.283. The Morgan fingerprint density at radius 1 is 1.39 bits per heavy atom. The third-order valence-corrected chi connectivity index (χ3v) is 2.99. The Hall–Kier alpha value is -1.56. The SMILES string of the molecule is CCOC(C)(C)Cn1c(N)nc2c(C)nn(C)c21. The van der Waals surface area contributed by atoms with Crippen molar-refractivity contribution in [2.45, 2.75) is 39.8 Å². The minimum absolute atomic E-state index is 0.283. The number of nitrogens with zero attached hydrogens (tertiary/aromatic N) is 4. The van der Waals surface area contributed by atoms with Gasteiger partial charge in [0.2, 0.25) is 5.95 Å². The zero-order chi connectivity index (χ0) is 13.5. The van der Waals surface area contributed by atoms with Crippen LogP contribution in [-0.2, 0) is 18.3 Å². The molecular weight excluding hydrogens is 230 g/mol. The Balaban J connectivity index is 2.47. The van der Waals surface area contributed by atoms with Crippen LogP contribution in [-0.4, -0.2) is 31.5 Å². The van der Waals surface area contributed by atoms with E-state index in [0.717, 1.165) is 16.9 Å². The fraction of sp³-hybridized carbons (Fsp3) is 0.667. The van der Waals surface area contributed by atoms with Gasteiger partial charge in [0, 0.05) is 13.7 Å². The highest BCUT2D eigenvalue weighted by molar-refractivity contribution is 5.77. The van der Waals surface area contributed by atoms with E-state index >= 15 is 0 Å². The fourth-order valence-electron chi connectivity index (χ4n) is 2.32. The van der Waals surface area contributed by atoms with Crippen LogP contribution in [0.5, 0.6) is 0 Å². The van der Waals surface area contributed by atoms with Crippen molar-refractivity contribution in [3.05, 3.63) is 5.69 Å². The first-order valence-electron chi connectivity index (χ1n) is 6.15. The van der Waals surface area contributed by atoms with Crippen LogP contribution in [0.2, 0.25) is 0 Å². The molecule has 18 heavy (non-hydrogen) atoms. The van der Waals surface area contributed by atoms with E-state index in [2.05, 4.69) is 10.1 Å². The monoisotopic (exact) mass is 251 g/mol. The molecule has 0 atom stereocenters. The summed E-state index contributed by atoms with van der Waals surface area (Å²) in [5.41, 5.74) is 8.41.